The van der Waals surface area contributed by atoms with E-state index in [1.807, 2.05) is 13.8 Å². The maximum absolute atomic E-state index is 12.2. The van der Waals surface area contributed by atoms with Crippen LogP contribution in [0.15, 0.2) is 6.07 Å². The lowest BCUT2D eigenvalue weighted by Gasteiger charge is -2.14. The molecule has 1 aromatic carbocycles. The van der Waals surface area contributed by atoms with Gasteiger partial charge in [-0.05, 0) is 62.8 Å². The normalized spacial score (nSPS) is 10.6. The average Bonchev–Trinajstić information content (AvgIpc) is 2.27. The van der Waals surface area contributed by atoms with Crippen molar-refractivity contribution in [3.8, 4) is 0 Å². The number of carbonyl (C=O) groups excluding carboxylic acids is 1. The minimum absolute atomic E-state index is 0.261. The van der Waals surface area contributed by atoms with Crippen molar-refractivity contribution >= 4 is 17.4 Å². The van der Waals surface area contributed by atoms with E-state index < -0.39 is 0 Å². The van der Waals surface area contributed by atoms with Gasteiger partial charge in [0, 0.05) is 17.9 Å². The zero-order valence-corrected chi connectivity index (χ0v) is 11.9. The zero-order valence-electron chi connectivity index (χ0n) is 11.2. The zero-order chi connectivity index (χ0) is 13.0. The monoisotopic (exact) mass is 252 g/mol. The Balaban J connectivity index is 3.00. The Morgan fingerprint density at radius 3 is 2.06 bits per heavy atom. The summed E-state index contributed by atoms with van der Waals surface area (Å²) >= 11 is 5.63. The molecule has 0 aliphatic carbocycles. The number of benzene rings is 1. The second-order valence-electron chi connectivity index (χ2n) is 4.70. The molecular formula is C15H21ClO. The predicted molar refractivity (Wildman–Crippen MR) is 74.3 cm³/mol. The second kappa shape index (κ2) is 6.20. The second-order valence-corrected chi connectivity index (χ2v) is 5.08. The van der Waals surface area contributed by atoms with Gasteiger partial charge in [-0.2, -0.15) is 0 Å². The molecule has 0 heterocycles. The number of unbranched alkanes of at least 4 members (excludes halogenated alkanes) is 1. The number of Topliss-reactive ketones (excluding diaryl/α,β-unsaturated/α-hetero) is 1. The maximum atomic E-state index is 12.2. The van der Waals surface area contributed by atoms with Gasteiger partial charge in [0.15, 0.2) is 5.78 Å². The van der Waals surface area contributed by atoms with Gasteiger partial charge >= 0.3 is 0 Å². The molecule has 0 saturated heterocycles. The fourth-order valence-electron chi connectivity index (χ4n) is 2.14. The molecule has 0 unspecified atom stereocenters. The smallest absolute Gasteiger partial charge is 0.163 e. The van der Waals surface area contributed by atoms with Crippen LogP contribution in [-0.4, -0.2) is 11.7 Å². The van der Waals surface area contributed by atoms with Crippen molar-refractivity contribution in [3.63, 3.8) is 0 Å². The number of carbonyl (C=O) groups is 1. The van der Waals surface area contributed by atoms with Crippen molar-refractivity contribution in [1.82, 2.24) is 0 Å². The molecule has 1 aromatic rings. The number of hydrogen-bond acceptors (Lipinski definition) is 1. The summed E-state index contributed by atoms with van der Waals surface area (Å²) in [6.07, 6.45) is 2.40. The van der Waals surface area contributed by atoms with Crippen LogP contribution in [0.4, 0.5) is 0 Å². The van der Waals surface area contributed by atoms with Crippen molar-refractivity contribution < 1.29 is 4.79 Å². The third-order valence-corrected chi connectivity index (χ3v) is 3.70. The van der Waals surface area contributed by atoms with Gasteiger partial charge in [-0.1, -0.05) is 6.07 Å². The van der Waals surface area contributed by atoms with Crippen LogP contribution in [0.25, 0.3) is 0 Å². The maximum Gasteiger partial charge on any atom is 0.163 e. The van der Waals surface area contributed by atoms with Crippen molar-refractivity contribution in [3.05, 3.63) is 33.9 Å². The summed E-state index contributed by atoms with van der Waals surface area (Å²) in [6.45, 7) is 8.21. The van der Waals surface area contributed by atoms with E-state index >= 15 is 0 Å². The number of hydrogen-bond donors (Lipinski definition) is 0. The van der Waals surface area contributed by atoms with Gasteiger partial charge in [0.1, 0.15) is 0 Å². The van der Waals surface area contributed by atoms with E-state index in [1.54, 1.807) is 0 Å². The van der Waals surface area contributed by atoms with Gasteiger partial charge in [-0.3, -0.25) is 4.79 Å². The average molecular weight is 253 g/mol. The Morgan fingerprint density at radius 2 is 1.59 bits per heavy atom. The molecule has 0 N–H and O–H groups in total. The Labute approximate surface area is 109 Å². The third kappa shape index (κ3) is 3.32. The van der Waals surface area contributed by atoms with Crippen LogP contribution < -0.4 is 0 Å². The summed E-state index contributed by atoms with van der Waals surface area (Å²) in [5.41, 5.74) is 5.59. The molecule has 1 nitrogen and oxygen atoms in total. The molecule has 0 saturated carbocycles. The molecule has 2 heteroatoms. The summed E-state index contributed by atoms with van der Waals surface area (Å²) in [5, 5.41) is 0. The largest absolute Gasteiger partial charge is 0.294 e. The van der Waals surface area contributed by atoms with E-state index in [0.717, 1.165) is 29.5 Å². The van der Waals surface area contributed by atoms with Crippen LogP contribution in [0.5, 0.6) is 0 Å². The highest BCUT2D eigenvalue weighted by Crippen LogP contribution is 2.23. The third-order valence-electron chi connectivity index (χ3n) is 3.43. The molecule has 17 heavy (non-hydrogen) atoms. The lowest BCUT2D eigenvalue weighted by atomic mass is 9.90. The van der Waals surface area contributed by atoms with E-state index in [4.69, 9.17) is 11.6 Å². The van der Waals surface area contributed by atoms with Gasteiger partial charge < -0.3 is 0 Å². The summed E-state index contributed by atoms with van der Waals surface area (Å²) < 4.78 is 0. The molecule has 0 aliphatic heterocycles. The summed E-state index contributed by atoms with van der Waals surface area (Å²) in [6, 6.07) is 2.15. The Kier molecular flexibility index (Phi) is 5.20. The quantitative estimate of drug-likeness (QED) is 0.428. The molecule has 0 atom stereocenters. The van der Waals surface area contributed by atoms with E-state index in [2.05, 4.69) is 19.9 Å². The Hall–Kier alpha value is -0.820. The van der Waals surface area contributed by atoms with E-state index in [-0.39, 0.29) is 5.78 Å². The van der Waals surface area contributed by atoms with Gasteiger partial charge in [0.25, 0.3) is 0 Å². The van der Waals surface area contributed by atoms with Crippen LogP contribution in [0.1, 0.15) is 51.9 Å². The van der Waals surface area contributed by atoms with Crippen molar-refractivity contribution in [1.29, 1.82) is 0 Å². The number of ketones is 1. The molecule has 0 spiro atoms. The number of aryl methyl sites for hydroxylation is 2. The minimum atomic E-state index is 0.261. The van der Waals surface area contributed by atoms with Gasteiger partial charge in [-0.15, -0.1) is 11.6 Å². The first-order valence-corrected chi connectivity index (χ1v) is 6.69. The highest BCUT2D eigenvalue weighted by molar-refractivity contribution is 6.17. The summed E-state index contributed by atoms with van der Waals surface area (Å²) in [7, 11) is 0. The molecular weight excluding hydrogens is 232 g/mol. The highest BCUT2D eigenvalue weighted by atomic mass is 35.5. The van der Waals surface area contributed by atoms with Crippen LogP contribution in [-0.2, 0) is 0 Å². The molecule has 0 bridgehead atoms. The SMILES string of the molecule is Cc1cc(C)c(C)c(C(=O)CCCCCl)c1C. The Bertz CT molecular complexity index is 395. The van der Waals surface area contributed by atoms with E-state index in [1.165, 1.54) is 11.1 Å². The molecule has 94 valence electrons. The molecule has 0 aliphatic rings. The van der Waals surface area contributed by atoms with Crippen LogP contribution >= 0.6 is 11.6 Å². The van der Waals surface area contributed by atoms with Crippen molar-refractivity contribution in [2.45, 2.75) is 47.0 Å². The highest BCUT2D eigenvalue weighted by Gasteiger charge is 2.15. The van der Waals surface area contributed by atoms with Gasteiger partial charge in [0.2, 0.25) is 0 Å². The molecule has 0 amide bonds. The summed E-state index contributed by atoms with van der Waals surface area (Å²) in [5.74, 6) is 0.898. The van der Waals surface area contributed by atoms with Gasteiger partial charge in [0.05, 0.1) is 0 Å². The number of rotatable bonds is 5. The van der Waals surface area contributed by atoms with Crippen molar-refractivity contribution in [2.75, 3.05) is 5.88 Å². The van der Waals surface area contributed by atoms with Crippen LogP contribution in [0, 0.1) is 27.7 Å². The first kappa shape index (κ1) is 14.2. The topological polar surface area (TPSA) is 17.1 Å². The lowest BCUT2D eigenvalue weighted by molar-refractivity contribution is 0.0978. The van der Waals surface area contributed by atoms with Crippen molar-refractivity contribution in [2.24, 2.45) is 0 Å². The minimum Gasteiger partial charge on any atom is -0.294 e. The summed E-state index contributed by atoms with van der Waals surface area (Å²) in [4.78, 5) is 12.2. The first-order chi connectivity index (χ1) is 7.99. The number of alkyl halides is 1. The van der Waals surface area contributed by atoms with E-state index in [9.17, 15) is 4.79 Å². The molecule has 0 fully saturated rings. The lowest BCUT2D eigenvalue weighted by Crippen LogP contribution is -2.07. The molecule has 1 rings (SSSR count). The Morgan fingerprint density at radius 1 is 1.06 bits per heavy atom. The first-order valence-electron chi connectivity index (χ1n) is 6.15. The number of halogens is 1. The van der Waals surface area contributed by atoms with Crippen LogP contribution in [0.2, 0.25) is 0 Å². The predicted octanol–water partition coefficient (Wildman–Crippen LogP) is 4.51. The fraction of sp³-hybridized carbons (Fsp3) is 0.533. The van der Waals surface area contributed by atoms with E-state index in [0.29, 0.717) is 12.3 Å². The fourth-order valence-corrected chi connectivity index (χ4v) is 2.33. The standard InChI is InChI=1S/C15H21ClO/c1-10-9-11(2)13(4)15(12(10)3)14(17)7-5-6-8-16/h9H,5-8H2,1-4H3. The van der Waals surface area contributed by atoms with Gasteiger partial charge in [-0.25, -0.2) is 0 Å². The van der Waals surface area contributed by atoms with Crippen LogP contribution in [0.3, 0.4) is 0 Å². The molecule has 0 aromatic heterocycles. The molecule has 0 radical (unpaired) electrons.